The molecular weight excluding hydrogens is 1320 g/mol. The van der Waals surface area contributed by atoms with Gasteiger partial charge in [0.25, 0.3) is 13.4 Å². The number of fused-ring (bicyclic) bond motifs is 18. The van der Waals surface area contributed by atoms with Crippen LogP contribution in [0.2, 0.25) is 0 Å². The molecule has 6 heteroatoms. The molecule has 4 aliphatic heterocycles. The zero-order valence-corrected chi connectivity index (χ0v) is 66.7. The molecule has 0 atom stereocenters. The molecule has 0 aromatic heterocycles. The molecule has 0 bridgehead atoms. The number of benzene rings is 13. The van der Waals surface area contributed by atoms with Gasteiger partial charge in [-0.2, -0.15) is 0 Å². The molecule has 109 heavy (non-hydrogen) atoms. The van der Waals surface area contributed by atoms with Crippen molar-refractivity contribution in [1.82, 2.24) is 0 Å². The predicted octanol–water partition coefficient (Wildman–Crippen LogP) is 23.6. The number of anilines is 9. The van der Waals surface area contributed by atoms with Crippen molar-refractivity contribution in [2.75, 3.05) is 14.7 Å². The molecule has 0 amide bonds. The zero-order valence-electron chi connectivity index (χ0n) is 66.7. The van der Waals surface area contributed by atoms with Crippen LogP contribution in [0.15, 0.2) is 261 Å². The predicted molar refractivity (Wildman–Crippen MR) is 466 cm³/mol. The van der Waals surface area contributed by atoms with Crippen LogP contribution < -0.4 is 52.2 Å². The fraction of sp³-hybridized carbons (Fsp3) is 0.243. The van der Waals surface area contributed by atoms with Gasteiger partial charge in [0, 0.05) is 51.1 Å². The van der Waals surface area contributed by atoms with E-state index in [4.69, 9.17) is 4.74 Å². The van der Waals surface area contributed by atoms with Gasteiger partial charge in [0.05, 0.1) is 11.1 Å². The summed E-state index contributed by atoms with van der Waals surface area (Å²) >= 11 is 0. The summed E-state index contributed by atoms with van der Waals surface area (Å²) in [5, 5.41) is 0. The van der Waals surface area contributed by atoms with Crippen LogP contribution in [-0.2, 0) is 37.9 Å². The van der Waals surface area contributed by atoms with Gasteiger partial charge in [-0.25, -0.2) is 0 Å². The lowest BCUT2D eigenvalue weighted by atomic mass is 9.30. The Hall–Kier alpha value is -10.8. The van der Waals surface area contributed by atoms with Crippen molar-refractivity contribution in [1.29, 1.82) is 0 Å². The first-order valence-electron chi connectivity index (χ1n) is 39.6. The van der Waals surface area contributed by atoms with Crippen molar-refractivity contribution in [3.05, 3.63) is 316 Å². The van der Waals surface area contributed by atoms with Gasteiger partial charge in [-0.3, -0.25) is 0 Å². The van der Waals surface area contributed by atoms with Gasteiger partial charge >= 0.3 is 0 Å². The highest BCUT2D eigenvalue weighted by Crippen LogP contribution is 2.65. The molecule has 0 unspecified atom stereocenters. The highest BCUT2D eigenvalue weighted by atomic mass is 16.5. The normalized spacial score (nSPS) is 14.8. The summed E-state index contributed by atoms with van der Waals surface area (Å²) in [4.78, 5) is 8.07. The molecule has 13 aromatic rings. The number of nitrogens with zero attached hydrogens (tertiary/aromatic N) is 3. The number of ether oxygens (including phenoxy) is 1. The van der Waals surface area contributed by atoms with Crippen molar-refractivity contribution in [3.8, 4) is 56.0 Å². The topological polar surface area (TPSA) is 19.0 Å². The van der Waals surface area contributed by atoms with Gasteiger partial charge < -0.3 is 19.4 Å². The van der Waals surface area contributed by atoms with Gasteiger partial charge in [0.15, 0.2) is 0 Å². The lowest BCUT2D eigenvalue weighted by Gasteiger charge is -2.47. The van der Waals surface area contributed by atoms with Crippen LogP contribution >= 0.6 is 0 Å². The lowest BCUT2D eigenvalue weighted by molar-refractivity contribution is 0.479. The van der Waals surface area contributed by atoms with Crippen molar-refractivity contribution in [2.24, 2.45) is 0 Å². The molecular formula is C103H97B2N3O. The molecule has 0 fully saturated rings. The Bertz CT molecular complexity index is 5920. The van der Waals surface area contributed by atoms with Gasteiger partial charge in [-0.05, 0) is 239 Å². The maximum Gasteiger partial charge on any atom is 0.256 e. The average molecular weight is 1410 g/mol. The summed E-state index contributed by atoms with van der Waals surface area (Å²) in [5.74, 6) is 1.84. The SMILES string of the molecule is CC(C)(C)c1cccc(N2c3cc4c(cc3B3c5ccccc5N(c5cc(C(C)(C)C)cc(C(C)(C)C)c5)c5cc(-c6cccc7c6C6(c8ccccc8-c8ccccc86)c6ccccc6-7)cc2c53)B2c3ccc(C(C)(C)C)cc3Oc3cc(C(C)(C)C)cc(c32)N4c2ccc(C(C)(C)C)cc2-c2ccccc2)c1. The molecule has 1 spiro atoms. The van der Waals surface area contributed by atoms with Crippen LogP contribution in [0.5, 0.6) is 11.5 Å². The summed E-state index contributed by atoms with van der Waals surface area (Å²) in [6.07, 6.45) is 0. The van der Waals surface area contributed by atoms with Gasteiger partial charge in [0.1, 0.15) is 11.5 Å². The van der Waals surface area contributed by atoms with Gasteiger partial charge in [0.2, 0.25) is 0 Å². The molecule has 0 radical (unpaired) electrons. The highest BCUT2D eigenvalue weighted by molar-refractivity contribution is 7.02. The fourth-order valence-corrected chi connectivity index (χ4v) is 19.2. The van der Waals surface area contributed by atoms with Crippen molar-refractivity contribution < 1.29 is 4.74 Å². The lowest BCUT2D eigenvalue weighted by Crippen LogP contribution is -2.64. The van der Waals surface area contributed by atoms with Crippen molar-refractivity contribution in [3.63, 3.8) is 0 Å². The third-order valence-electron chi connectivity index (χ3n) is 25.0. The molecule has 6 aliphatic rings. The monoisotopic (exact) mass is 1410 g/mol. The molecule has 2 aliphatic carbocycles. The largest absolute Gasteiger partial charge is 0.458 e. The van der Waals surface area contributed by atoms with Crippen molar-refractivity contribution >= 4 is 97.4 Å². The molecule has 13 aromatic carbocycles. The second-order valence-electron chi connectivity index (χ2n) is 38.1. The zero-order chi connectivity index (χ0) is 75.7. The van der Waals surface area contributed by atoms with E-state index in [2.05, 4.69) is 400 Å². The summed E-state index contributed by atoms with van der Waals surface area (Å²) in [7, 11) is 0. The second-order valence-corrected chi connectivity index (χ2v) is 38.1. The van der Waals surface area contributed by atoms with E-state index in [0.717, 1.165) is 45.6 Å². The smallest absolute Gasteiger partial charge is 0.256 e. The summed E-state index contributed by atoms with van der Waals surface area (Å²) in [6.45, 7) is 42.0. The minimum Gasteiger partial charge on any atom is -0.458 e. The van der Waals surface area contributed by atoms with Crippen LogP contribution in [0.3, 0.4) is 0 Å². The quantitative estimate of drug-likeness (QED) is 0.160. The van der Waals surface area contributed by atoms with Crippen LogP contribution in [0.25, 0.3) is 44.5 Å². The Morgan fingerprint density at radius 3 is 1.32 bits per heavy atom. The Kier molecular flexibility index (Phi) is 14.9. The molecule has 0 saturated carbocycles. The second kappa shape index (κ2) is 23.6. The Labute approximate surface area is 647 Å². The van der Waals surface area contributed by atoms with E-state index < -0.39 is 5.41 Å². The number of para-hydroxylation sites is 1. The van der Waals surface area contributed by atoms with Crippen LogP contribution in [0.4, 0.5) is 51.2 Å². The van der Waals surface area contributed by atoms with Crippen LogP contribution in [-0.4, -0.2) is 13.4 Å². The minimum atomic E-state index is -0.611. The molecule has 0 N–H and O–H groups in total. The van der Waals surface area contributed by atoms with E-state index in [1.165, 1.54) is 150 Å². The average Bonchev–Trinajstić information content (AvgIpc) is 1.58. The van der Waals surface area contributed by atoms with Gasteiger partial charge in [-0.15, -0.1) is 0 Å². The first-order chi connectivity index (χ1) is 51.8. The van der Waals surface area contributed by atoms with Crippen LogP contribution in [0, 0.1) is 0 Å². The number of hydrogen-bond donors (Lipinski definition) is 0. The summed E-state index contributed by atoms with van der Waals surface area (Å²) in [6, 6.07) is 103. The third kappa shape index (κ3) is 10.4. The van der Waals surface area contributed by atoms with E-state index in [1.54, 1.807) is 0 Å². The number of hydrogen-bond acceptors (Lipinski definition) is 4. The third-order valence-corrected chi connectivity index (χ3v) is 25.0. The Morgan fingerprint density at radius 1 is 0.248 bits per heavy atom. The Balaban J connectivity index is 0.980. The maximum atomic E-state index is 7.59. The molecule has 4 nitrogen and oxygen atoms in total. The van der Waals surface area contributed by atoms with Crippen molar-refractivity contribution in [2.45, 2.75) is 163 Å². The first kappa shape index (κ1) is 68.7. The highest BCUT2D eigenvalue weighted by Gasteiger charge is 2.54. The maximum absolute atomic E-state index is 7.59. The molecule has 536 valence electrons. The summed E-state index contributed by atoms with van der Waals surface area (Å²) in [5.41, 5.74) is 39.1. The minimum absolute atomic E-state index is 0.117. The van der Waals surface area contributed by atoms with E-state index in [0.29, 0.717) is 0 Å². The molecule has 0 saturated heterocycles. The van der Waals surface area contributed by atoms with E-state index >= 15 is 0 Å². The fourth-order valence-electron chi connectivity index (χ4n) is 19.2. The van der Waals surface area contributed by atoms with Gasteiger partial charge in [-0.1, -0.05) is 307 Å². The summed E-state index contributed by atoms with van der Waals surface area (Å²) < 4.78 is 7.59. The standard InChI is InChI=1S/C103H97B2N3O/c1-97(2,3)64-34-30-35-70(53-64)106-87-61-88-84(105-82-48-46-66(99(7,8)9)58-92(82)109-93-59-69(102(16,17)18)57-91(96(93)105)108(88)85-49-47-65(98(4,5)6)56-77(85)62-32-20-19-21-33-62)60-83(87)104-81-44-28-29-45-86(81)107(71-54-67(100(10,11)12)52-68(55-71)101(13,14)15)90-51-63(50-89(106)95(90)104)72-39-31-40-76-75-38-24-27-43-80(75)103(94(72)76)78-41-25-22-36-73(78)74-37-23-26-42-79(74)103/h19-61H,1-18H3. The van der Waals surface area contributed by atoms with E-state index in [9.17, 15) is 0 Å². The van der Waals surface area contributed by atoms with Crippen LogP contribution in [0.1, 0.15) is 180 Å². The molecule has 4 heterocycles. The Morgan fingerprint density at radius 2 is 0.706 bits per heavy atom. The molecule has 19 rings (SSSR count). The number of rotatable bonds is 5. The first-order valence-corrected chi connectivity index (χ1v) is 39.6. The van der Waals surface area contributed by atoms with E-state index in [1.807, 2.05) is 0 Å². The van der Waals surface area contributed by atoms with E-state index in [-0.39, 0.29) is 45.9 Å².